The summed E-state index contributed by atoms with van der Waals surface area (Å²) in [7, 11) is -5.11. The molecule has 0 aromatic rings. The average Bonchev–Trinajstić information content (AvgIpc) is 3.05. The summed E-state index contributed by atoms with van der Waals surface area (Å²) >= 11 is 0. The van der Waals surface area contributed by atoms with E-state index in [0.717, 1.165) is 51.4 Å². The zero-order chi connectivity index (χ0) is 35.8. The lowest BCUT2D eigenvalue weighted by Gasteiger charge is -2.41. The van der Waals surface area contributed by atoms with Gasteiger partial charge in [0.15, 0.2) is 6.29 Å². The van der Waals surface area contributed by atoms with Crippen LogP contribution in [0.4, 0.5) is 0 Å². The molecule has 0 spiro atoms. The van der Waals surface area contributed by atoms with E-state index >= 15 is 0 Å². The summed E-state index contributed by atoms with van der Waals surface area (Å²) in [6.07, 6.45) is 13.3. The summed E-state index contributed by atoms with van der Waals surface area (Å²) in [4.78, 5) is 12.9. The van der Waals surface area contributed by atoms with Crippen LogP contribution in [0.25, 0.3) is 0 Å². The van der Waals surface area contributed by atoms with Gasteiger partial charge in [-0.1, -0.05) is 102 Å². The van der Waals surface area contributed by atoms with E-state index in [0.29, 0.717) is 12.8 Å². The van der Waals surface area contributed by atoms with Gasteiger partial charge in [0.1, 0.15) is 30.5 Å². The molecule has 1 amide bonds. The topological polar surface area (TPSA) is 212 Å². The highest BCUT2D eigenvalue weighted by atomic mass is 32.3. The summed E-state index contributed by atoms with van der Waals surface area (Å²) in [6.45, 7) is 3.06. The van der Waals surface area contributed by atoms with E-state index in [1.807, 2.05) is 0 Å². The fraction of sp³-hybridized carbons (Fsp3) is 0.853. The minimum Gasteiger partial charge on any atom is -0.394 e. The highest BCUT2D eigenvalue weighted by Gasteiger charge is 2.48. The first kappa shape index (κ1) is 44.6. The third kappa shape index (κ3) is 19.7. The predicted octanol–water partition coefficient (Wildman–Crippen LogP) is 3.62. The van der Waals surface area contributed by atoms with Crippen LogP contribution in [0.15, 0.2) is 24.3 Å². The number of aliphatic hydroxyl groups excluding tert-OH is 5. The van der Waals surface area contributed by atoms with Gasteiger partial charge >= 0.3 is 10.4 Å². The Hall–Kier alpha value is -1.46. The lowest BCUT2D eigenvalue weighted by atomic mass is 9.99. The number of carbonyl (C=O) groups excluding carboxylic acids is 1. The molecule has 7 N–H and O–H groups in total. The standard InChI is InChI=1S/C34H63NO12S/c1-3-5-7-9-11-12-13-14-15-17-19-21-23-28(38)33(41)35-26(27(37)22-20-18-16-10-8-6-4-2)25-45-34-31(40)32(47-48(42,43)44)30(39)29(24-36)46-34/h14-15,20,22,26-32,34,36-40H,3-13,16-19,21,23-25H2,1-2H3,(H,35,41)(H,42,43,44)/b15-14-,22-20+. The van der Waals surface area contributed by atoms with Crippen LogP contribution in [0.5, 0.6) is 0 Å². The molecule has 1 heterocycles. The Kier molecular flexibility index (Phi) is 24.5. The summed E-state index contributed by atoms with van der Waals surface area (Å²) in [6, 6.07) is -1.12. The van der Waals surface area contributed by atoms with Gasteiger partial charge in [0, 0.05) is 0 Å². The number of nitrogens with one attached hydrogen (secondary N) is 1. The molecule has 0 aromatic heterocycles. The Balaban J connectivity index is 2.74. The van der Waals surface area contributed by atoms with Gasteiger partial charge in [-0.25, -0.2) is 4.18 Å². The van der Waals surface area contributed by atoms with E-state index < -0.39 is 78.5 Å². The Bertz CT molecular complexity index is 995. The molecule has 0 radical (unpaired) electrons. The highest BCUT2D eigenvalue weighted by molar-refractivity contribution is 7.80. The zero-order valence-electron chi connectivity index (χ0n) is 28.9. The smallest absolute Gasteiger partial charge is 0.394 e. The molecule has 1 saturated heterocycles. The van der Waals surface area contributed by atoms with Crippen LogP contribution in [0.1, 0.15) is 123 Å². The lowest BCUT2D eigenvalue weighted by Crippen LogP contribution is -2.61. The summed E-state index contributed by atoms with van der Waals surface area (Å²) in [5, 5.41) is 54.5. The van der Waals surface area contributed by atoms with E-state index in [1.54, 1.807) is 6.08 Å². The van der Waals surface area contributed by atoms with Crippen LogP contribution < -0.4 is 5.32 Å². The molecular weight excluding hydrogens is 646 g/mol. The number of allylic oxidation sites excluding steroid dienone is 3. The minimum atomic E-state index is -5.11. The fourth-order valence-corrected chi connectivity index (χ4v) is 5.90. The van der Waals surface area contributed by atoms with Gasteiger partial charge in [0.25, 0.3) is 0 Å². The van der Waals surface area contributed by atoms with Crippen molar-refractivity contribution in [3.8, 4) is 0 Å². The van der Waals surface area contributed by atoms with Gasteiger partial charge in [0.05, 0.1) is 25.4 Å². The molecule has 0 bridgehead atoms. The molecule has 0 aliphatic carbocycles. The number of ether oxygens (including phenoxy) is 2. The molecule has 14 heteroatoms. The Morgan fingerprint density at radius 2 is 1.38 bits per heavy atom. The molecule has 1 rings (SSSR count). The number of hydrogen-bond acceptors (Lipinski definition) is 11. The van der Waals surface area contributed by atoms with Crippen molar-refractivity contribution in [1.29, 1.82) is 0 Å². The SMILES string of the molecule is CCCCCCC/C=C/C(O)C(COC1OC(CO)C(O)C(OS(=O)(=O)O)C1O)NC(=O)C(O)CCCC/C=C\CCCCCCCC. The number of hydrogen-bond donors (Lipinski definition) is 7. The normalized spacial score (nSPS) is 23.9. The van der Waals surface area contributed by atoms with E-state index in [-0.39, 0.29) is 6.42 Å². The third-order valence-electron chi connectivity index (χ3n) is 8.33. The van der Waals surface area contributed by atoms with Gasteiger partial charge in [0.2, 0.25) is 5.91 Å². The van der Waals surface area contributed by atoms with Gasteiger partial charge in [-0.15, -0.1) is 0 Å². The maximum Gasteiger partial charge on any atom is 0.397 e. The van der Waals surface area contributed by atoms with Gasteiger partial charge < -0.3 is 40.3 Å². The Morgan fingerprint density at radius 1 is 0.833 bits per heavy atom. The van der Waals surface area contributed by atoms with Gasteiger partial charge in [-0.2, -0.15) is 8.42 Å². The van der Waals surface area contributed by atoms with Crippen LogP contribution in [-0.2, 0) is 28.9 Å². The monoisotopic (exact) mass is 709 g/mol. The molecule has 1 fully saturated rings. The van der Waals surface area contributed by atoms with Crippen molar-refractivity contribution in [3.63, 3.8) is 0 Å². The fourth-order valence-electron chi connectivity index (χ4n) is 5.39. The van der Waals surface area contributed by atoms with Crippen molar-refractivity contribution in [1.82, 2.24) is 5.32 Å². The van der Waals surface area contributed by atoms with Crippen LogP contribution >= 0.6 is 0 Å². The van der Waals surface area contributed by atoms with E-state index in [2.05, 4.69) is 35.5 Å². The second-order valence-electron chi connectivity index (χ2n) is 12.6. The van der Waals surface area contributed by atoms with E-state index in [4.69, 9.17) is 14.0 Å². The molecule has 48 heavy (non-hydrogen) atoms. The number of rotatable bonds is 28. The first-order valence-corrected chi connectivity index (χ1v) is 19.2. The summed E-state index contributed by atoms with van der Waals surface area (Å²) in [5.74, 6) is -0.726. The second-order valence-corrected chi connectivity index (χ2v) is 13.6. The number of amides is 1. The molecule has 8 unspecified atom stereocenters. The van der Waals surface area contributed by atoms with E-state index in [9.17, 15) is 38.7 Å². The summed E-state index contributed by atoms with van der Waals surface area (Å²) < 4.78 is 47.0. The van der Waals surface area contributed by atoms with Gasteiger partial charge in [-0.05, 0) is 44.9 Å². The molecule has 13 nitrogen and oxygen atoms in total. The molecular formula is C34H63NO12S. The first-order valence-electron chi connectivity index (χ1n) is 17.8. The van der Waals surface area contributed by atoms with Crippen molar-refractivity contribution in [2.75, 3.05) is 13.2 Å². The van der Waals surface area contributed by atoms with Crippen molar-refractivity contribution < 1.29 is 57.0 Å². The first-order chi connectivity index (χ1) is 22.9. The Morgan fingerprint density at radius 3 is 1.94 bits per heavy atom. The van der Waals surface area contributed by atoms with Crippen LogP contribution in [0.2, 0.25) is 0 Å². The quantitative estimate of drug-likeness (QED) is 0.0353. The largest absolute Gasteiger partial charge is 0.397 e. The Labute approximate surface area is 287 Å². The van der Waals surface area contributed by atoms with Crippen LogP contribution in [0, 0.1) is 0 Å². The van der Waals surface area contributed by atoms with Crippen molar-refractivity contribution in [3.05, 3.63) is 24.3 Å². The third-order valence-corrected chi connectivity index (χ3v) is 8.80. The zero-order valence-corrected chi connectivity index (χ0v) is 29.7. The predicted molar refractivity (Wildman–Crippen MR) is 182 cm³/mol. The number of aliphatic hydroxyl groups is 5. The minimum absolute atomic E-state index is 0.212. The van der Waals surface area contributed by atoms with Gasteiger partial charge in [-0.3, -0.25) is 9.35 Å². The van der Waals surface area contributed by atoms with Crippen molar-refractivity contribution in [2.24, 2.45) is 0 Å². The van der Waals surface area contributed by atoms with Crippen LogP contribution in [0.3, 0.4) is 0 Å². The maximum absolute atomic E-state index is 12.9. The molecule has 1 aliphatic rings. The van der Waals surface area contributed by atoms with Crippen molar-refractivity contribution in [2.45, 2.75) is 172 Å². The van der Waals surface area contributed by atoms with E-state index in [1.165, 1.54) is 44.6 Å². The number of carbonyl (C=O) groups is 1. The summed E-state index contributed by atoms with van der Waals surface area (Å²) in [5.41, 5.74) is 0. The second kappa shape index (κ2) is 26.4. The molecule has 0 aromatic carbocycles. The molecule has 1 aliphatic heterocycles. The van der Waals surface area contributed by atoms with Crippen LogP contribution in [-0.4, -0.2) is 107 Å². The molecule has 8 atom stereocenters. The number of unbranched alkanes of at least 4 members (excludes halogenated alkanes) is 13. The molecule has 282 valence electrons. The highest BCUT2D eigenvalue weighted by Crippen LogP contribution is 2.26. The lowest BCUT2D eigenvalue weighted by molar-refractivity contribution is -0.298. The average molecular weight is 710 g/mol. The van der Waals surface area contributed by atoms with Crippen molar-refractivity contribution >= 4 is 16.3 Å². The maximum atomic E-state index is 12.9. The molecule has 0 saturated carbocycles.